The number of ketones is 3. The van der Waals surface area contributed by atoms with Crippen LogP contribution in [0.15, 0.2) is 0 Å². The van der Waals surface area contributed by atoms with Gasteiger partial charge < -0.3 is 9.47 Å². The van der Waals surface area contributed by atoms with Crippen molar-refractivity contribution in [2.75, 3.05) is 6.61 Å². The van der Waals surface area contributed by atoms with Gasteiger partial charge in [0.1, 0.15) is 17.3 Å². The largest absolute Gasteiger partial charge is 0.466 e. The van der Waals surface area contributed by atoms with Gasteiger partial charge in [0, 0.05) is 49.9 Å². The summed E-state index contributed by atoms with van der Waals surface area (Å²) in [7, 11) is -6.56. The van der Waals surface area contributed by atoms with E-state index in [1.54, 1.807) is 0 Å². The molecule has 0 heterocycles. The summed E-state index contributed by atoms with van der Waals surface area (Å²) in [5, 5.41) is -5.84. The topological polar surface area (TPSA) is 158 Å². The lowest BCUT2D eigenvalue weighted by Crippen LogP contribution is -2.60. The zero-order valence-corrected chi connectivity index (χ0v) is 27.3. The molecular weight excluding hydrogens is 659 g/mol. The quantitative estimate of drug-likeness (QED) is 0.130. The third kappa shape index (κ3) is 7.00. The number of halogens is 5. The van der Waals surface area contributed by atoms with Gasteiger partial charge >= 0.3 is 33.5 Å². The second kappa shape index (κ2) is 13.1. The number of ether oxygens (including phenoxy) is 2. The summed E-state index contributed by atoms with van der Waals surface area (Å²) in [6, 6.07) is 0. The number of esters is 2. The monoisotopic (exact) mass is 700 g/mol. The van der Waals surface area contributed by atoms with Crippen LogP contribution in [-0.4, -0.2) is 66.4 Å². The molecule has 0 aromatic heterocycles. The summed E-state index contributed by atoms with van der Waals surface area (Å²) in [6.45, 7) is 5.53. The molecule has 16 heteroatoms. The maximum atomic E-state index is 13.9. The summed E-state index contributed by atoms with van der Waals surface area (Å²) in [4.78, 5) is 63.7. The van der Waals surface area contributed by atoms with Gasteiger partial charge in [-0.05, 0) is 67.1 Å². The molecule has 0 amide bonds. The average molecular weight is 701 g/mol. The minimum Gasteiger partial charge on any atom is -0.466 e. The van der Waals surface area contributed by atoms with Crippen molar-refractivity contribution < 1.29 is 68.4 Å². The van der Waals surface area contributed by atoms with E-state index in [0.717, 1.165) is 0 Å². The van der Waals surface area contributed by atoms with Gasteiger partial charge in [0.2, 0.25) is 0 Å². The highest BCUT2D eigenvalue weighted by Gasteiger charge is 2.67. The van der Waals surface area contributed by atoms with Gasteiger partial charge in [0.05, 0.1) is 6.61 Å². The molecule has 0 radical (unpaired) electrons. The van der Waals surface area contributed by atoms with Crippen LogP contribution < -0.4 is 0 Å². The van der Waals surface area contributed by atoms with E-state index in [9.17, 15) is 54.3 Å². The summed E-state index contributed by atoms with van der Waals surface area (Å²) in [6.07, 6.45) is -7.93. The van der Waals surface area contributed by atoms with Crippen LogP contribution >= 0.6 is 0 Å². The minimum atomic E-state index is -6.56. The molecular formula is C31H41F5O10S. The van der Waals surface area contributed by atoms with Crippen LogP contribution in [0.5, 0.6) is 0 Å². The standard InChI is InChI=1S/C31H41F5O10S/c1-16(6-9-24(40)45-12-4-5-25(41)46-27(30(32,33)34)31(35,36)47(42,43)44)19-7-8-20-26-21(15-23(39)29(19,20)3)28(2)11-10-18(37)13-17(28)14-22(26)38/h16-17,19-21,26-27H,4-15H2,1-3H3,(H,42,43,44)/t16-,17+,19-,20+,21+,26+,27?,28+,29-/m1/s1. The molecule has 4 saturated carbocycles. The lowest BCUT2D eigenvalue weighted by atomic mass is 9.44. The maximum Gasteiger partial charge on any atom is 0.432 e. The Hall–Kier alpha value is -2.49. The normalized spacial score (nSPS) is 34.1. The van der Waals surface area contributed by atoms with E-state index >= 15 is 0 Å². The van der Waals surface area contributed by atoms with Gasteiger partial charge in [-0.2, -0.15) is 30.4 Å². The molecule has 9 atom stereocenters. The predicted molar refractivity (Wildman–Crippen MR) is 152 cm³/mol. The second-order valence-corrected chi connectivity index (χ2v) is 15.7. The van der Waals surface area contributed by atoms with E-state index in [1.807, 2.05) is 13.8 Å². The Kier molecular flexibility index (Phi) is 10.4. The molecule has 0 aliphatic heterocycles. The molecule has 1 unspecified atom stereocenters. The summed E-state index contributed by atoms with van der Waals surface area (Å²) in [5.74, 6) is -2.80. The molecule has 0 saturated heterocycles. The Bertz CT molecular complexity index is 1400. The molecule has 1 N–H and O–H groups in total. The van der Waals surface area contributed by atoms with Crippen LogP contribution in [0.1, 0.15) is 91.4 Å². The lowest BCUT2D eigenvalue weighted by molar-refractivity contribution is -0.259. The van der Waals surface area contributed by atoms with Crippen molar-refractivity contribution >= 4 is 39.4 Å². The number of rotatable bonds is 11. The van der Waals surface area contributed by atoms with Gasteiger partial charge in [-0.15, -0.1) is 0 Å². The highest BCUT2D eigenvalue weighted by atomic mass is 32.2. The number of carbonyl (C=O) groups is 5. The molecule has 0 aromatic carbocycles. The smallest absolute Gasteiger partial charge is 0.432 e. The molecule has 0 bridgehead atoms. The SMILES string of the molecule is C[C@H](CCC(=O)OCCCC(=O)OC(C(F)(F)F)C(F)(F)S(=O)(=O)O)[C@H]1CC[C@H]2[C@@H]3C(=O)C[C@@H]4CC(=O)CC[C@]4(C)[C@H]3CC(=O)[C@]12C. The van der Waals surface area contributed by atoms with Crippen molar-refractivity contribution in [1.82, 2.24) is 0 Å². The lowest BCUT2D eigenvalue weighted by Gasteiger charge is -2.58. The van der Waals surface area contributed by atoms with Crippen molar-refractivity contribution in [3.05, 3.63) is 0 Å². The van der Waals surface area contributed by atoms with Crippen molar-refractivity contribution in [2.45, 2.75) is 109 Å². The van der Waals surface area contributed by atoms with Gasteiger partial charge in [0.15, 0.2) is 0 Å². The maximum absolute atomic E-state index is 13.9. The first kappa shape index (κ1) is 37.3. The fourth-order valence-corrected chi connectivity index (χ4v) is 9.52. The Morgan fingerprint density at radius 2 is 1.64 bits per heavy atom. The van der Waals surface area contributed by atoms with Gasteiger partial charge in [-0.25, -0.2) is 0 Å². The Balaban J connectivity index is 1.28. The van der Waals surface area contributed by atoms with E-state index in [0.29, 0.717) is 44.9 Å². The predicted octanol–water partition coefficient (Wildman–Crippen LogP) is 5.27. The summed E-state index contributed by atoms with van der Waals surface area (Å²) >= 11 is 0. The molecule has 266 valence electrons. The van der Waals surface area contributed by atoms with Crippen LogP contribution in [-0.2, 0) is 43.6 Å². The number of fused-ring (bicyclic) bond motifs is 5. The molecule has 47 heavy (non-hydrogen) atoms. The Labute approximate surface area is 269 Å². The fourth-order valence-electron chi connectivity index (χ4n) is 9.06. The van der Waals surface area contributed by atoms with Crippen molar-refractivity contribution in [2.24, 2.45) is 46.3 Å². The molecule has 0 aromatic rings. The zero-order valence-electron chi connectivity index (χ0n) is 26.4. The van der Waals surface area contributed by atoms with Gasteiger partial charge in [-0.3, -0.25) is 28.5 Å². The number of alkyl halides is 5. The van der Waals surface area contributed by atoms with Crippen LogP contribution in [0.4, 0.5) is 22.0 Å². The first-order chi connectivity index (χ1) is 21.5. The van der Waals surface area contributed by atoms with Crippen LogP contribution in [0.25, 0.3) is 0 Å². The molecule has 0 spiro atoms. The third-order valence-electron chi connectivity index (χ3n) is 11.7. The Morgan fingerprint density at radius 1 is 0.979 bits per heavy atom. The van der Waals surface area contributed by atoms with Crippen LogP contribution in [0.2, 0.25) is 0 Å². The summed E-state index contributed by atoms with van der Waals surface area (Å²) < 4.78 is 104. The fraction of sp³-hybridized carbons (Fsp3) is 0.839. The van der Waals surface area contributed by atoms with E-state index in [1.165, 1.54) is 0 Å². The highest BCUT2D eigenvalue weighted by Crippen LogP contribution is 2.66. The first-order valence-electron chi connectivity index (χ1n) is 15.9. The Morgan fingerprint density at radius 3 is 2.26 bits per heavy atom. The van der Waals surface area contributed by atoms with E-state index in [2.05, 4.69) is 11.7 Å². The first-order valence-corrected chi connectivity index (χ1v) is 17.3. The van der Waals surface area contributed by atoms with Crippen molar-refractivity contribution in [1.29, 1.82) is 0 Å². The molecule has 4 aliphatic rings. The van der Waals surface area contributed by atoms with Crippen LogP contribution in [0.3, 0.4) is 0 Å². The highest BCUT2D eigenvalue weighted by molar-refractivity contribution is 7.86. The van der Waals surface area contributed by atoms with Crippen LogP contribution in [0, 0.1) is 46.3 Å². The summed E-state index contributed by atoms with van der Waals surface area (Å²) in [5.41, 5.74) is -0.979. The zero-order chi connectivity index (χ0) is 35.3. The van der Waals surface area contributed by atoms with E-state index in [-0.39, 0.29) is 71.1 Å². The second-order valence-electron chi connectivity index (χ2n) is 14.2. The van der Waals surface area contributed by atoms with Gasteiger partial charge in [-0.1, -0.05) is 20.8 Å². The van der Waals surface area contributed by atoms with Crippen molar-refractivity contribution in [3.63, 3.8) is 0 Å². The third-order valence-corrected chi connectivity index (χ3v) is 12.6. The number of Topliss-reactive ketones (excluding diaryl/α,β-unsaturated/α-hetero) is 3. The van der Waals surface area contributed by atoms with E-state index < -0.39 is 64.5 Å². The minimum absolute atomic E-state index is 0.0333. The van der Waals surface area contributed by atoms with Gasteiger partial charge in [0.25, 0.3) is 6.10 Å². The van der Waals surface area contributed by atoms with E-state index in [4.69, 9.17) is 9.29 Å². The molecule has 10 nitrogen and oxygen atoms in total. The average Bonchev–Trinajstić information content (AvgIpc) is 3.31. The molecule has 4 fully saturated rings. The van der Waals surface area contributed by atoms with Crippen molar-refractivity contribution in [3.8, 4) is 0 Å². The number of hydrogen-bond donors (Lipinski definition) is 1. The molecule has 4 rings (SSSR count). The number of hydrogen-bond acceptors (Lipinski definition) is 9. The molecule has 4 aliphatic carbocycles. The number of carbonyl (C=O) groups excluding carboxylic acids is 5.